The van der Waals surface area contributed by atoms with Crippen molar-refractivity contribution in [3.63, 3.8) is 0 Å². The third-order valence-corrected chi connectivity index (χ3v) is 8.02. The maximum absolute atomic E-state index is 13.2. The Morgan fingerprint density at radius 1 is 0.829 bits per heavy atom. The summed E-state index contributed by atoms with van der Waals surface area (Å²) in [5.74, 6) is -0.187. The van der Waals surface area contributed by atoms with E-state index in [1.165, 1.54) is 11.8 Å². The standard InChI is InChI=1S/C27H23ClN2O3S2/c1-19-10-16-25(17-11-19)35(32,33)30-22-12-14-24(15-13-22)34-26(20-6-3-2-4-7-20)27(31)29-23-9-5-8-21(28)18-23/h2-18,26,30H,1H3,(H,29,31). The van der Waals surface area contributed by atoms with Gasteiger partial charge >= 0.3 is 0 Å². The van der Waals surface area contributed by atoms with Gasteiger partial charge in [0, 0.05) is 21.3 Å². The number of benzene rings is 4. The summed E-state index contributed by atoms with van der Waals surface area (Å²) in [5, 5.41) is 2.94. The van der Waals surface area contributed by atoms with Crippen molar-refractivity contribution in [2.45, 2.75) is 22.0 Å². The minimum absolute atomic E-state index is 0.187. The first kappa shape index (κ1) is 24.9. The second-order valence-corrected chi connectivity index (χ2v) is 11.1. The van der Waals surface area contributed by atoms with E-state index in [1.807, 2.05) is 37.3 Å². The largest absolute Gasteiger partial charge is 0.325 e. The van der Waals surface area contributed by atoms with Crippen LogP contribution in [0.15, 0.2) is 113 Å². The van der Waals surface area contributed by atoms with Crippen LogP contribution < -0.4 is 10.0 Å². The maximum Gasteiger partial charge on any atom is 0.261 e. The predicted molar refractivity (Wildman–Crippen MR) is 144 cm³/mol. The first-order chi connectivity index (χ1) is 16.8. The molecule has 4 aromatic rings. The normalized spacial score (nSPS) is 12.1. The summed E-state index contributed by atoms with van der Waals surface area (Å²) in [5.41, 5.74) is 2.89. The van der Waals surface area contributed by atoms with E-state index in [0.717, 1.165) is 16.0 Å². The molecule has 178 valence electrons. The Morgan fingerprint density at radius 2 is 1.51 bits per heavy atom. The van der Waals surface area contributed by atoms with Gasteiger partial charge in [0.1, 0.15) is 5.25 Å². The van der Waals surface area contributed by atoms with Crippen molar-refractivity contribution >= 4 is 50.7 Å². The number of rotatable bonds is 8. The Bertz CT molecular complexity index is 1410. The van der Waals surface area contributed by atoms with E-state index in [1.54, 1.807) is 72.8 Å². The molecule has 4 aromatic carbocycles. The molecule has 0 aliphatic rings. The highest BCUT2D eigenvalue weighted by molar-refractivity contribution is 8.00. The Kier molecular flexibility index (Phi) is 7.80. The quantitative estimate of drug-likeness (QED) is 0.246. The molecule has 1 unspecified atom stereocenters. The molecule has 0 aliphatic heterocycles. The van der Waals surface area contributed by atoms with Crippen LogP contribution in [0.25, 0.3) is 0 Å². The third-order valence-electron chi connectivity index (χ3n) is 5.12. The number of anilines is 2. The molecular weight excluding hydrogens is 500 g/mol. The van der Waals surface area contributed by atoms with Gasteiger partial charge in [-0.15, -0.1) is 11.8 Å². The van der Waals surface area contributed by atoms with E-state index in [0.29, 0.717) is 16.4 Å². The number of hydrogen-bond donors (Lipinski definition) is 2. The lowest BCUT2D eigenvalue weighted by molar-refractivity contribution is -0.115. The molecule has 0 fully saturated rings. The SMILES string of the molecule is Cc1ccc(S(=O)(=O)Nc2ccc(SC(C(=O)Nc3cccc(Cl)c3)c3ccccc3)cc2)cc1. The highest BCUT2D eigenvalue weighted by atomic mass is 35.5. The van der Waals surface area contributed by atoms with Gasteiger partial charge in [0.05, 0.1) is 4.90 Å². The zero-order valence-corrected chi connectivity index (χ0v) is 21.2. The zero-order valence-electron chi connectivity index (χ0n) is 18.8. The van der Waals surface area contributed by atoms with Crippen molar-refractivity contribution in [1.29, 1.82) is 0 Å². The first-order valence-corrected chi connectivity index (χ1v) is 13.5. The van der Waals surface area contributed by atoms with Gasteiger partial charge in [-0.2, -0.15) is 0 Å². The maximum atomic E-state index is 13.2. The zero-order chi connectivity index (χ0) is 24.8. The first-order valence-electron chi connectivity index (χ1n) is 10.8. The molecule has 1 atom stereocenters. The van der Waals surface area contributed by atoms with Crippen LogP contribution >= 0.6 is 23.4 Å². The number of hydrogen-bond acceptors (Lipinski definition) is 4. The summed E-state index contributed by atoms with van der Waals surface area (Å²) in [4.78, 5) is 14.2. The summed E-state index contributed by atoms with van der Waals surface area (Å²) in [6, 6.07) is 30.1. The van der Waals surface area contributed by atoms with E-state index in [2.05, 4.69) is 10.0 Å². The molecule has 0 spiro atoms. The average molecular weight is 523 g/mol. The molecule has 0 aliphatic carbocycles. The van der Waals surface area contributed by atoms with Crippen LogP contribution in [0, 0.1) is 6.92 Å². The van der Waals surface area contributed by atoms with E-state index in [-0.39, 0.29) is 10.8 Å². The number of sulfonamides is 1. The number of carbonyl (C=O) groups is 1. The Morgan fingerprint density at radius 3 is 2.17 bits per heavy atom. The molecular formula is C27H23ClN2O3S2. The number of amides is 1. The summed E-state index contributed by atoms with van der Waals surface area (Å²) < 4.78 is 27.9. The smallest absolute Gasteiger partial charge is 0.261 e. The van der Waals surface area contributed by atoms with Gasteiger partial charge in [-0.1, -0.05) is 65.7 Å². The van der Waals surface area contributed by atoms with Crippen molar-refractivity contribution in [2.75, 3.05) is 10.0 Å². The van der Waals surface area contributed by atoms with Crippen molar-refractivity contribution in [3.05, 3.63) is 119 Å². The second kappa shape index (κ2) is 11.0. The third kappa shape index (κ3) is 6.66. The van der Waals surface area contributed by atoms with Gasteiger partial charge in [-0.05, 0) is 67.1 Å². The summed E-state index contributed by atoms with van der Waals surface area (Å²) in [6.45, 7) is 1.90. The predicted octanol–water partition coefficient (Wildman–Crippen LogP) is 6.92. The summed E-state index contributed by atoms with van der Waals surface area (Å²) in [7, 11) is -3.69. The highest BCUT2D eigenvalue weighted by Crippen LogP contribution is 2.37. The van der Waals surface area contributed by atoms with Crippen LogP contribution in [0.4, 0.5) is 11.4 Å². The Balaban J connectivity index is 1.51. The molecule has 5 nitrogen and oxygen atoms in total. The van der Waals surface area contributed by atoms with Gasteiger partial charge in [0.2, 0.25) is 5.91 Å². The molecule has 0 radical (unpaired) electrons. The monoisotopic (exact) mass is 522 g/mol. The van der Waals surface area contributed by atoms with Gasteiger partial charge in [0.15, 0.2) is 0 Å². The van der Waals surface area contributed by atoms with E-state index >= 15 is 0 Å². The number of halogens is 1. The molecule has 8 heteroatoms. The van der Waals surface area contributed by atoms with E-state index in [9.17, 15) is 13.2 Å². The minimum atomic E-state index is -3.69. The molecule has 4 rings (SSSR count). The van der Waals surface area contributed by atoms with Gasteiger partial charge in [0.25, 0.3) is 10.0 Å². The van der Waals surface area contributed by atoms with Crippen molar-refractivity contribution in [3.8, 4) is 0 Å². The lowest BCUT2D eigenvalue weighted by atomic mass is 10.1. The number of thioether (sulfide) groups is 1. The molecule has 0 saturated heterocycles. The average Bonchev–Trinajstić information content (AvgIpc) is 2.84. The topological polar surface area (TPSA) is 75.3 Å². The van der Waals surface area contributed by atoms with Crippen molar-refractivity contribution < 1.29 is 13.2 Å². The van der Waals surface area contributed by atoms with Crippen LogP contribution in [0.5, 0.6) is 0 Å². The van der Waals surface area contributed by atoms with Gasteiger partial charge in [-0.3, -0.25) is 9.52 Å². The number of carbonyl (C=O) groups excluding carboxylic acids is 1. The van der Waals surface area contributed by atoms with Crippen LogP contribution in [0.3, 0.4) is 0 Å². The molecule has 0 heterocycles. The number of nitrogens with one attached hydrogen (secondary N) is 2. The molecule has 0 bridgehead atoms. The molecule has 35 heavy (non-hydrogen) atoms. The fourth-order valence-electron chi connectivity index (χ4n) is 3.34. The summed E-state index contributed by atoms with van der Waals surface area (Å²) >= 11 is 7.43. The Labute approximate surface area is 214 Å². The lowest BCUT2D eigenvalue weighted by Gasteiger charge is -2.17. The molecule has 0 aromatic heterocycles. The highest BCUT2D eigenvalue weighted by Gasteiger charge is 2.22. The fourth-order valence-corrected chi connectivity index (χ4v) is 5.62. The molecule has 1 amide bonds. The van der Waals surface area contributed by atoms with E-state index in [4.69, 9.17) is 11.6 Å². The molecule has 0 saturated carbocycles. The fraction of sp³-hybridized carbons (Fsp3) is 0.0741. The van der Waals surface area contributed by atoms with Crippen LogP contribution in [-0.4, -0.2) is 14.3 Å². The van der Waals surface area contributed by atoms with Crippen molar-refractivity contribution in [1.82, 2.24) is 0 Å². The van der Waals surface area contributed by atoms with Crippen molar-refractivity contribution in [2.24, 2.45) is 0 Å². The second-order valence-electron chi connectivity index (χ2n) is 7.85. The van der Waals surface area contributed by atoms with Crippen LogP contribution in [-0.2, 0) is 14.8 Å². The Hall–Kier alpha value is -3.26. The van der Waals surface area contributed by atoms with E-state index < -0.39 is 15.3 Å². The van der Waals surface area contributed by atoms with Gasteiger partial charge < -0.3 is 5.32 Å². The van der Waals surface area contributed by atoms with Crippen LogP contribution in [0.2, 0.25) is 5.02 Å². The number of aryl methyl sites for hydroxylation is 1. The minimum Gasteiger partial charge on any atom is -0.325 e. The summed E-state index contributed by atoms with van der Waals surface area (Å²) in [6.07, 6.45) is 0. The lowest BCUT2D eigenvalue weighted by Crippen LogP contribution is -2.19. The van der Waals surface area contributed by atoms with Gasteiger partial charge in [-0.25, -0.2) is 8.42 Å². The van der Waals surface area contributed by atoms with Crippen LogP contribution in [0.1, 0.15) is 16.4 Å². The molecule has 2 N–H and O–H groups in total.